The Balaban J connectivity index is 0.00000341. The van der Waals surface area contributed by atoms with Crippen molar-refractivity contribution in [2.24, 2.45) is 0 Å². The maximum Gasteiger partial charge on any atom is 0.231 e. The number of amides is 1. The third kappa shape index (κ3) is 6.99. The molecule has 1 amide bonds. The van der Waals surface area contributed by atoms with Crippen LogP contribution in [0.3, 0.4) is 0 Å². The molecular formula is C21H26N4O5S. The van der Waals surface area contributed by atoms with E-state index in [2.05, 4.69) is 15.5 Å². The van der Waals surface area contributed by atoms with Crippen LogP contribution in [0.2, 0.25) is 0 Å². The Kier molecular flexibility index (Phi) is 7.32. The summed E-state index contributed by atoms with van der Waals surface area (Å²) in [5.74, 6) is -0.541. The normalized spacial score (nSPS) is 11.6. The first-order valence-corrected chi connectivity index (χ1v) is 10.8. The second-order valence-electron chi connectivity index (χ2n) is 7.99. The van der Waals surface area contributed by atoms with E-state index in [0.717, 1.165) is 22.4 Å². The Morgan fingerprint density at radius 3 is 2.26 bits per heavy atom. The number of nitrogens with zero attached hydrogens (tertiary/aromatic N) is 2. The van der Waals surface area contributed by atoms with Crippen LogP contribution in [0.5, 0.6) is 0 Å². The summed E-state index contributed by atoms with van der Waals surface area (Å²) in [6, 6.07) is 12.3. The zero-order valence-electron chi connectivity index (χ0n) is 17.9. The van der Waals surface area contributed by atoms with Gasteiger partial charge in [-0.15, -0.1) is 0 Å². The van der Waals surface area contributed by atoms with Crippen molar-refractivity contribution in [3.8, 4) is 11.1 Å². The number of hydrogen-bond acceptors (Lipinski definition) is 7. The maximum absolute atomic E-state index is 12.3. The summed E-state index contributed by atoms with van der Waals surface area (Å²) in [4.78, 5) is 16.3. The molecule has 3 rings (SSSR count). The van der Waals surface area contributed by atoms with E-state index in [1.54, 1.807) is 12.1 Å². The summed E-state index contributed by atoms with van der Waals surface area (Å²) in [5.41, 5.74) is 3.23. The van der Waals surface area contributed by atoms with Gasteiger partial charge in [0.05, 0.1) is 23.6 Å². The Hall–Kier alpha value is -3.08. The van der Waals surface area contributed by atoms with Crippen molar-refractivity contribution in [3.05, 3.63) is 65.6 Å². The predicted molar refractivity (Wildman–Crippen MR) is 117 cm³/mol. The largest absolute Gasteiger partial charge is 0.748 e. The van der Waals surface area contributed by atoms with Crippen molar-refractivity contribution < 1.29 is 22.3 Å². The lowest BCUT2D eigenvalue weighted by Crippen LogP contribution is -2.14. The molecule has 0 saturated carbocycles. The molecule has 0 radical (unpaired) electrons. The van der Waals surface area contributed by atoms with Gasteiger partial charge >= 0.3 is 0 Å². The van der Waals surface area contributed by atoms with E-state index in [1.165, 1.54) is 12.3 Å². The number of pyridine rings is 1. The highest BCUT2D eigenvalue weighted by molar-refractivity contribution is 7.84. The van der Waals surface area contributed by atoms with Crippen LogP contribution >= 0.6 is 0 Å². The first-order chi connectivity index (χ1) is 14.0. The lowest BCUT2D eigenvalue weighted by Gasteiger charge is -2.12. The molecule has 0 aliphatic heterocycles. The number of anilines is 1. The number of rotatable bonds is 6. The first-order valence-electron chi connectivity index (χ1n) is 9.24. The monoisotopic (exact) mass is 446 g/mol. The SMILES string of the molecule is CC(C)(C)c1cc(NC(=O)Cc2ccc(-c3ccc(CS(=O)(=O)[O-])nc3)cc2)on1.[NH4+]. The van der Waals surface area contributed by atoms with E-state index in [4.69, 9.17) is 4.52 Å². The van der Waals surface area contributed by atoms with Crippen LogP contribution in [0.4, 0.5) is 5.88 Å². The van der Waals surface area contributed by atoms with Gasteiger partial charge in [0.25, 0.3) is 0 Å². The quantitative estimate of drug-likeness (QED) is 0.546. The maximum atomic E-state index is 12.3. The van der Waals surface area contributed by atoms with Crippen LogP contribution in [0.25, 0.3) is 11.1 Å². The molecule has 0 atom stereocenters. The van der Waals surface area contributed by atoms with Crippen LogP contribution in [-0.4, -0.2) is 29.0 Å². The fourth-order valence-corrected chi connectivity index (χ4v) is 3.26. The number of nitrogens with one attached hydrogen (secondary N) is 1. The number of aromatic nitrogens is 2. The highest BCUT2D eigenvalue weighted by Crippen LogP contribution is 2.24. The molecule has 9 nitrogen and oxygen atoms in total. The summed E-state index contributed by atoms with van der Waals surface area (Å²) in [5, 5.41) is 6.67. The third-order valence-electron chi connectivity index (χ3n) is 4.34. The minimum absolute atomic E-state index is 0. The standard InChI is InChI=1S/C21H23N3O5S.H3N/c1-21(2,3)18-11-20(29-24-18)23-19(25)10-14-4-6-15(7-5-14)16-8-9-17(22-12-16)13-30(26,27)28;/h4-9,11-12H,10,13H2,1-3H3,(H,23,25)(H,26,27,28);1H3. The topological polar surface area (TPSA) is 162 Å². The van der Waals surface area contributed by atoms with Crippen LogP contribution in [-0.2, 0) is 32.5 Å². The Morgan fingerprint density at radius 1 is 1.10 bits per heavy atom. The van der Waals surface area contributed by atoms with Gasteiger partial charge in [0.15, 0.2) is 0 Å². The molecule has 166 valence electrons. The first kappa shape index (κ1) is 24.2. The van der Waals surface area contributed by atoms with Gasteiger partial charge in [0.2, 0.25) is 11.8 Å². The van der Waals surface area contributed by atoms with Gasteiger partial charge in [-0.05, 0) is 17.2 Å². The number of hydrogen-bond donors (Lipinski definition) is 2. The van der Waals surface area contributed by atoms with E-state index in [-0.39, 0.29) is 29.6 Å². The second-order valence-corrected chi connectivity index (χ2v) is 9.39. The molecule has 1 aromatic carbocycles. The van der Waals surface area contributed by atoms with Crippen molar-refractivity contribution >= 4 is 21.9 Å². The molecule has 0 fully saturated rings. The van der Waals surface area contributed by atoms with Gasteiger partial charge in [-0.2, -0.15) is 0 Å². The van der Waals surface area contributed by atoms with Crippen molar-refractivity contribution in [2.75, 3.05) is 5.32 Å². The highest BCUT2D eigenvalue weighted by Gasteiger charge is 2.19. The molecule has 3 aromatic rings. The van der Waals surface area contributed by atoms with Crippen molar-refractivity contribution in [2.45, 2.75) is 38.4 Å². The highest BCUT2D eigenvalue weighted by atomic mass is 32.2. The Morgan fingerprint density at radius 2 is 1.74 bits per heavy atom. The number of carbonyl (C=O) groups is 1. The van der Waals surface area contributed by atoms with Gasteiger partial charge in [-0.25, -0.2) is 8.42 Å². The third-order valence-corrected chi connectivity index (χ3v) is 4.99. The number of carbonyl (C=O) groups excluding carboxylic acids is 1. The molecule has 2 aromatic heterocycles. The number of benzene rings is 1. The fraction of sp³-hybridized carbons (Fsp3) is 0.286. The summed E-state index contributed by atoms with van der Waals surface area (Å²) in [6.45, 7) is 6.02. The van der Waals surface area contributed by atoms with Crippen molar-refractivity contribution in [1.29, 1.82) is 0 Å². The van der Waals surface area contributed by atoms with Gasteiger partial charge in [0, 0.05) is 23.2 Å². The Bertz CT molecular complexity index is 1130. The minimum Gasteiger partial charge on any atom is -0.748 e. The van der Waals surface area contributed by atoms with E-state index in [0.29, 0.717) is 5.88 Å². The fourth-order valence-electron chi connectivity index (χ4n) is 2.73. The molecule has 0 spiro atoms. The van der Waals surface area contributed by atoms with E-state index in [9.17, 15) is 17.8 Å². The lowest BCUT2D eigenvalue weighted by molar-refractivity contribution is -0.115. The van der Waals surface area contributed by atoms with Gasteiger partial charge in [-0.1, -0.05) is 56.3 Å². The van der Waals surface area contributed by atoms with Crippen molar-refractivity contribution in [3.63, 3.8) is 0 Å². The van der Waals surface area contributed by atoms with Crippen LogP contribution in [0.1, 0.15) is 37.7 Å². The van der Waals surface area contributed by atoms with E-state index in [1.807, 2.05) is 45.0 Å². The molecule has 0 aliphatic carbocycles. The van der Waals surface area contributed by atoms with E-state index >= 15 is 0 Å². The average molecular weight is 447 g/mol. The summed E-state index contributed by atoms with van der Waals surface area (Å²) < 4.78 is 37.6. The molecule has 0 unspecified atom stereocenters. The molecule has 5 N–H and O–H groups in total. The molecular weight excluding hydrogens is 420 g/mol. The molecule has 10 heteroatoms. The molecule has 0 bridgehead atoms. The zero-order valence-corrected chi connectivity index (χ0v) is 18.7. The molecule has 2 heterocycles. The van der Waals surface area contributed by atoms with Crippen LogP contribution in [0, 0.1) is 0 Å². The van der Waals surface area contributed by atoms with Gasteiger partial charge in [0.1, 0.15) is 10.1 Å². The lowest BCUT2D eigenvalue weighted by atomic mass is 9.92. The molecule has 0 aliphatic rings. The smallest absolute Gasteiger partial charge is 0.231 e. The minimum atomic E-state index is -4.36. The molecule has 0 saturated heterocycles. The van der Waals surface area contributed by atoms with E-state index < -0.39 is 15.9 Å². The summed E-state index contributed by atoms with van der Waals surface area (Å²) >= 11 is 0. The predicted octanol–water partition coefficient (Wildman–Crippen LogP) is 3.64. The van der Waals surface area contributed by atoms with Crippen LogP contribution < -0.4 is 11.5 Å². The molecule has 31 heavy (non-hydrogen) atoms. The Labute approximate surface area is 181 Å². The van der Waals surface area contributed by atoms with Gasteiger partial charge in [-0.3, -0.25) is 15.1 Å². The number of quaternary nitrogens is 1. The summed E-state index contributed by atoms with van der Waals surface area (Å²) in [6.07, 6.45) is 1.68. The van der Waals surface area contributed by atoms with Gasteiger partial charge < -0.3 is 15.2 Å². The van der Waals surface area contributed by atoms with Crippen LogP contribution in [0.15, 0.2) is 53.2 Å². The average Bonchev–Trinajstić information content (AvgIpc) is 3.10. The van der Waals surface area contributed by atoms with Crippen molar-refractivity contribution in [1.82, 2.24) is 16.3 Å². The summed E-state index contributed by atoms with van der Waals surface area (Å²) in [7, 11) is -4.36. The second kappa shape index (κ2) is 9.38. The zero-order chi connectivity index (χ0) is 21.9.